The highest BCUT2D eigenvalue weighted by molar-refractivity contribution is 6.30. The molecule has 1 amide bonds. The van der Waals surface area contributed by atoms with E-state index in [9.17, 15) is 9.90 Å². The maximum Gasteiger partial charge on any atom is 0.229 e. The van der Waals surface area contributed by atoms with E-state index in [0.717, 1.165) is 17.5 Å². The smallest absolute Gasteiger partial charge is 0.229 e. The number of carbonyl (C=O) groups excluding carboxylic acids is 1. The zero-order valence-corrected chi connectivity index (χ0v) is 22.7. The number of halogens is 2. The van der Waals surface area contributed by atoms with Crippen LogP contribution in [0.5, 0.6) is 0 Å². The van der Waals surface area contributed by atoms with Crippen LogP contribution in [0.2, 0.25) is 10.0 Å². The molecule has 3 rings (SSSR count). The highest BCUT2D eigenvalue weighted by Gasteiger charge is 2.50. The topological polar surface area (TPSA) is 52.6 Å². The van der Waals surface area contributed by atoms with Crippen molar-refractivity contribution in [1.82, 2.24) is 10.2 Å². The fourth-order valence-electron chi connectivity index (χ4n) is 5.21. The number of hydrogen-bond donors (Lipinski definition) is 2. The fraction of sp³-hybridized carbons (Fsp3) is 0.483. The number of rotatable bonds is 10. The van der Waals surface area contributed by atoms with Crippen molar-refractivity contribution in [2.24, 2.45) is 5.41 Å². The average molecular weight is 518 g/mol. The van der Waals surface area contributed by atoms with Crippen LogP contribution < -0.4 is 5.32 Å². The number of likely N-dealkylation sites (tertiary alicyclic amines) is 1. The highest BCUT2D eigenvalue weighted by Crippen LogP contribution is 2.52. The third-order valence-electron chi connectivity index (χ3n) is 6.96. The van der Waals surface area contributed by atoms with Crippen molar-refractivity contribution in [2.45, 2.75) is 70.6 Å². The van der Waals surface area contributed by atoms with Crippen LogP contribution in [-0.4, -0.2) is 40.6 Å². The third kappa shape index (κ3) is 6.89. The lowest BCUT2D eigenvalue weighted by atomic mass is 9.67. The summed E-state index contributed by atoms with van der Waals surface area (Å²) in [5.41, 5.74) is 0.838. The predicted octanol–water partition coefficient (Wildman–Crippen LogP) is 6.77. The number of nitrogens with one attached hydrogen (secondary N) is 1. The van der Waals surface area contributed by atoms with Gasteiger partial charge in [0.15, 0.2) is 0 Å². The van der Waals surface area contributed by atoms with Crippen LogP contribution in [0.4, 0.5) is 0 Å². The van der Waals surface area contributed by atoms with E-state index in [4.69, 9.17) is 23.2 Å². The van der Waals surface area contributed by atoms with Gasteiger partial charge in [-0.05, 0) is 82.0 Å². The Morgan fingerprint density at radius 2 is 1.89 bits per heavy atom. The van der Waals surface area contributed by atoms with Crippen molar-refractivity contribution < 1.29 is 9.90 Å². The van der Waals surface area contributed by atoms with E-state index in [1.807, 2.05) is 48.5 Å². The van der Waals surface area contributed by atoms with Crippen LogP contribution in [0.15, 0.2) is 61.2 Å². The Morgan fingerprint density at radius 1 is 1.20 bits per heavy atom. The Balaban J connectivity index is 2.04. The lowest BCUT2D eigenvalue weighted by Crippen LogP contribution is -2.55. The minimum atomic E-state index is -0.782. The predicted molar refractivity (Wildman–Crippen MR) is 146 cm³/mol. The molecule has 2 aromatic carbocycles. The molecule has 1 aliphatic rings. The van der Waals surface area contributed by atoms with E-state index in [-0.39, 0.29) is 23.9 Å². The number of amides is 1. The molecule has 4 atom stereocenters. The molecule has 1 heterocycles. The van der Waals surface area contributed by atoms with E-state index < -0.39 is 11.0 Å². The van der Waals surface area contributed by atoms with E-state index >= 15 is 0 Å². The van der Waals surface area contributed by atoms with Crippen molar-refractivity contribution in [3.8, 4) is 0 Å². The summed E-state index contributed by atoms with van der Waals surface area (Å²) in [4.78, 5) is 16.2. The minimum Gasteiger partial charge on any atom is -0.389 e. The van der Waals surface area contributed by atoms with Gasteiger partial charge in [0.2, 0.25) is 5.91 Å². The highest BCUT2D eigenvalue weighted by atomic mass is 35.5. The zero-order chi connectivity index (χ0) is 25.8. The van der Waals surface area contributed by atoms with Crippen LogP contribution >= 0.6 is 23.2 Å². The number of benzene rings is 2. The molecule has 0 unspecified atom stereocenters. The Hall–Kier alpha value is -1.85. The van der Waals surface area contributed by atoms with Gasteiger partial charge in [-0.1, -0.05) is 60.5 Å². The molecule has 2 aromatic rings. The first kappa shape index (κ1) is 27.7. The molecule has 35 heavy (non-hydrogen) atoms. The van der Waals surface area contributed by atoms with Gasteiger partial charge in [-0.2, -0.15) is 0 Å². The molecule has 0 aromatic heterocycles. The Kier molecular flexibility index (Phi) is 9.09. The summed E-state index contributed by atoms with van der Waals surface area (Å²) in [6.45, 7) is 12.9. The second-order valence-electron chi connectivity index (χ2n) is 10.8. The molecular formula is C29H38Cl2N2O2. The van der Waals surface area contributed by atoms with Crippen molar-refractivity contribution in [1.29, 1.82) is 0 Å². The number of allylic oxidation sites excluding steroid dienone is 1. The molecule has 2 N–H and O–H groups in total. The molecule has 0 spiro atoms. The maximum absolute atomic E-state index is 14.1. The second kappa shape index (κ2) is 11.5. The molecule has 1 fully saturated rings. The first-order chi connectivity index (χ1) is 16.4. The van der Waals surface area contributed by atoms with Crippen molar-refractivity contribution in [3.63, 3.8) is 0 Å². The Labute approximate surface area is 220 Å². The molecule has 1 aliphatic heterocycles. The van der Waals surface area contributed by atoms with Gasteiger partial charge in [0.1, 0.15) is 0 Å². The summed E-state index contributed by atoms with van der Waals surface area (Å²) in [6, 6.07) is 15.7. The summed E-state index contributed by atoms with van der Waals surface area (Å²) in [5.74, 6) is 0.204. The van der Waals surface area contributed by atoms with Gasteiger partial charge in [0.25, 0.3) is 0 Å². The van der Waals surface area contributed by atoms with Crippen molar-refractivity contribution >= 4 is 29.1 Å². The quantitative estimate of drug-likeness (QED) is 0.270. The first-order valence-corrected chi connectivity index (χ1v) is 13.1. The van der Waals surface area contributed by atoms with Gasteiger partial charge in [-0.3, -0.25) is 4.79 Å². The molecule has 0 radical (unpaired) electrons. The van der Waals surface area contributed by atoms with Crippen LogP contribution in [0.1, 0.15) is 70.0 Å². The number of piperidine rings is 1. The van der Waals surface area contributed by atoms with Crippen LogP contribution in [-0.2, 0) is 4.79 Å². The van der Waals surface area contributed by atoms with E-state index in [2.05, 4.69) is 36.7 Å². The number of carbonyl (C=O) groups is 1. The number of aliphatic hydroxyl groups is 1. The SMILES string of the molecule is C=CC[C@@]1(C)C[C@H](c2cccc(Cl)c2)[C@@H](c2ccc(Cl)cc2)N([C@@H](C)CCNCC(C)(C)O)C1=O. The number of nitrogens with zero attached hydrogens (tertiary/aromatic N) is 1. The first-order valence-electron chi connectivity index (χ1n) is 12.3. The molecule has 4 nitrogen and oxygen atoms in total. The van der Waals surface area contributed by atoms with E-state index in [1.54, 1.807) is 13.8 Å². The normalized spacial score (nSPS) is 23.9. The van der Waals surface area contributed by atoms with Crippen LogP contribution in [0.25, 0.3) is 0 Å². The Bertz CT molecular complexity index is 1020. The molecule has 0 bridgehead atoms. The molecule has 6 heteroatoms. The summed E-state index contributed by atoms with van der Waals surface area (Å²) in [5, 5.41) is 14.7. The van der Waals surface area contributed by atoms with Crippen LogP contribution in [0.3, 0.4) is 0 Å². The zero-order valence-electron chi connectivity index (χ0n) is 21.2. The minimum absolute atomic E-state index is 0.0244. The van der Waals surface area contributed by atoms with Crippen molar-refractivity contribution in [3.05, 3.63) is 82.4 Å². The standard InChI is InChI=1S/C29H38Cl2N2O2/c1-6-15-29(5)18-25(22-8-7-9-24(31)17-22)26(21-10-12-23(30)13-11-21)33(27(29)34)20(2)14-16-32-19-28(3,4)35/h6-13,17,20,25-26,32,35H,1,14-16,18-19H2,2-5H3/t20-,25+,26+,29-/m0/s1. The average Bonchev–Trinajstić information content (AvgIpc) is 2.78. The molecular weight excluding hydrogens is 479 g/mol. The summed E-state index contributed by atoms with van der Waals surface area (Å²) in [6.07, 6.45) is 3.92. The lowest BCUT2D eigenvalue weighted by Gasteiger charge is -2.51. The molecule has 0 aliphatic carbocycles. The molecule has 190 valence electrons. The van der Waals surface area contributed by atoms with Gasteiger partial charge in [-0.25, -0.2) is 0 Å². The van der Waals surface area contributed by atoms with Gasteiger partial charge in [0, 0.05) is 28.5 Å². The fourth-order valence-corrected chi connectivity index (χ4v) is 5.54. The van der Waals surface area contributed by atoms with Gasteiger partial charge in [0.05, 0.1) is 17.1 Å². The monoisotopic (exact) mass is 516 g/mol. The molecule has 1 saturated heterocycles. The van der Waals surface area contributed by atoms with E-state index in [0.29, 0.717) is 36.0 Å². The molecule has 0 saturated carbocycles. The summed E-state index contributed by atoms with van der Waals surface area (Å²) >= 11 is 12.6. The summed E-state index contributed by atoms with van der Waals surface area (Å²) < 4.78 is 0. The lowest BCUT2D eigenvalue weighted by molar-refractivity contribution is -0.154. The third-order valence-corrected chi connectivity index (χ3v) is 7.44. The second-order valence-corrected chi connectivity index (χ2v) is 11.6. The van der Waals surface area contributed by atoms with Gasteiger partial charge in [-0.15, -0.1) is 6.58 Å². The largest absolute Gasteiger partial charge is 0.389 e. The van der Waals surface area contributed by atoms with Crippen molar-refractivity contribution in [2.75, 3.05) is 13.1 Å². The van der Waals surface area contributed by atoms with Gasteiger partial charge < -0.3 is 15.3 Å². The number of hydrogen-bond acceptors (Lipinski definition) is 3. The van der Waals surface area contributed by atoms with Crippen LogP contribution in [0, 0.1) is 5.41 Å². The summed E-state index contributed by atoms with van der Waals surface area (Å²) in [7, 11) is 0. The maximum atomic E-state index is 14.1. The Morgan fingerprint density at radius 3 is 2.49 bits per heavy atom. The van der Waals surface area contributed by atoms with Gasteiger partial charge >= 0.3 is 0 Å². The van der Waals surface area contributed by atoms with E-state index in [1.165, 1.54) is 0 Å².